The van der Waals surface area contributed by atoms with Crippen molar-refractivity contribution in [3.63, 3.8) is 0 Å². The average molecular weight is 344 g/mol. The van der Waals surface area contributed by atoms with Crippen LogP contribution in [0, 0.1) is 6.92 Å². The molecule has 0 aliphatic carbocycles. The minimum absolute atomic E-state index is 0.674. The molecule has 130 valence electrons. The van der Waals surface area contributed by atoms with Gasteiger partial charge in [0.15, 0.2) is 11.5 Å². The van der Waals surface area contributed by atoms with Crippen LogP contribution in [0.4, 0.5) is 0 Å². The van der Waals surface area contributed by atoms with Crippen LogP contribution in [0.2, 0.25) is 0 Å². The van der Waals surface area contributed by atoms with Crippen LogP contribution in [0.15, 0.2) is 49.1 Å². The van der Waals surface area contributed by atoms with Gasteiger partial charge in [0.2, 0.25) is 0 Å². The van der Waals surface area contributed by atoms with Crippen molar-refractivity contribution in [3.8, 4) is 11.3 Å². The van der Waals surface area contributed by atoms with E-state index >= 15 is 0 Å². The smallest absolute Gasteiger partial charge is 0.175 e. The fourth-order valence-electron chi connectivity index (χ4n) is 2.91. The van der Waals surface area contributed by atoms with Crippen molar-refractivity contribution in [1.29, 1.82) is 0 Å². The molecule has 0 bridgehead atoms. The zero-order valence-corrected chi connectivity index (χ0v) is 14.9. The van der Waals surface area contributed by atoms with Gasteiger partial charge in [0.1, 0.15) is 5.82 Å². The summed E-state index contributed by atoms with van der Waals surface area (Å²) in [6.07, 6.45) is 12.5. The lowest BCUT2D eigenvalue weighted by Crippen LogP contribution is -1.97. The molecule has 4 aromatic rings. The van der Waals surface area contributed by atoms with Gasteiger partial charge in [-0.15, -0.1) is 5.10 Å². The summed E-state index contributed by atoms with van der Waals surface area (Å²) < 4.78 is 3.95. The van der Waals surface area contributed by atoms with Crippen LogP contribution in [-0.4, -0.2) is 29.1 Å². The van der Waals surface area contributed by atoms with Crippen molar-refractivity contribution < 1.29 is 0 Å². The highest BCUT2D eigenvalue weighted by atomic mass is 15.3. The van der Waals surface area contributed by atoms with E-state index in [1.54, 1.807) is 10.7 Å². The van der Waals surface area contributed by atoms with Crippen molar-refractivity contribution in [1.82, 2.24) is 29.1 Å². The second kappa shape index (κ2) is 6.92. The van der Waals surface area contributed by atoms with Gasteiger partial charge in [-0.05, 0) is 49.3 Å². The summed E-state index contributed by atoms with van der Waals surface area (Å²) in [5, 5.41) is 4.50. The highest BCUT2D eigenvalue weighted by Gasteiger charge is 2.08. The fourth-order valence-corrected chi connectivity index (χ4v) is 2.91. The lowest BCUT2D eigenvalue weighted by molar-refractivity contribution is 0.672. The Morgan fingerprint density at radius 3 is 2.81 bits per heavy atom. The number of nitrogens with zero attached hydrogens (tertiary/aromatic N) is 6. The molecular weight excluding hydrogens is 324 g/mol. The van der Waals surface area contributed by atoms with E-state index in [1.165, 1.54) is 0 Å². The van der Waals surface area contributed by atoms with Crippen LogP contribution < -0.4 is 0 Å². The molecule has 0 saturated heterocycles. The molecule has 0 aliphatic rings. The third-order valence-corrected chi connectivity index (χ3v) is 4.18. The Bertz CT molecular complexity index is 1060. The summed E-state index contributed by atoms with van der Waals surface area (Å²) in [7, 11) is 0. The Hall–Kier alpha value is -3.28. The summed E-state index contributed by atoms with van der Waals surface area (Å²) in [5.41, 5.74) is 3.91. The molecule has 4 heterocycles. The van der Waals surface area contributed by atoms with E-state index in [0.717, 1.165) is 41.3 Å². The zero-order chi connectivity index (χ0) is 17.9. The van der Waals surface area contributed by atoms with E-state index in [1.807, 2.05) is 55.7 Å². The summed E-state index contributed by atoms with van der Waals surface area (Å²) in [6.45, 7) is 5.10. The topological polar surface area (TPSA) is 60.9 Å². The van der Waals surface area contributed by atoms with Gasteiger partial charge in [-0.3, -0.25) is 4.98 Å². The second-order valence-corrected chi connectivity index (χ2v) is 6.18. The summed E-state index contributed by atoms with van der Waals surface area (Å²) in [4.78, 5) is 13.5. The molecule has 26 heavy (non-hydrogen) atoms. The van der Waals surface area contributed by atoms with Gasteiger partial charge in [0.25, 0.3) is 0 Å². The van der Waals surface area contributed by atoms with Crippen LogP contribution in [0.5, 0.6) is 0 Å². The van der Waals surface area contributed by atoms with Crippen LogP contribution >= 0.6 is 0 Å². The second-order valence-electron chi connectivity index (χ2n) is 6.18. The molecule has 0 aliphatic heterocycles. The van der Waals surface area contributed by atoms with E-state index in [4.69, 9.17) is 4.98 Å². The molecule has 0 N–H and O–H groups in total. The monoisotopic (exact) mass is 344 g/mol. The molecule has 0 saturated carbocycles. The molecule has 0 amide bonds. The van der Waals surface area contributed by atoms with Gasteiger partial charge in [-0.25, -0.2) is 14.5 Å². The number of fused-ring (bicyclic) bond motifs is 1. The number of hydrogen-bond donors (Lipinski definition) is 0. The Labute approximate surface area is 151 Å². The maximum absolute atomic E-state index is 4.76. The van der Waals surface area contributed by atoms with Gasteiger partial charge < -0.3 is 4.57 Å². The van der Waals surface area contributed by atoms with E-state index in [2.05, 4.69) is 32.8 Å². The van der Waals surface area contributed by atoms with E-state index in [0.29, 0.717) is 5.82 Å². The molecule has 6 nitrogen and oxygen atoms in total. The number of aryl methyl sites for hydroxylation is 2. The Morgan fingerprint density at radius 2 is 2.04 bits per heavy atom. The summed E-state index contributed by atoms with van der Waals surface area (Å²) in [6, 6.07) is 7.95. The fraction of sp³-hybridized carbons (Fsp3) is 0.200. The number of aromatic nitrogens is 6. The first-order valence-electron chi connectivity index (χ1n) is 8.72. The highest BCUT2D eigenvalue weighted by Crippen LogP contribution is 2.19. The van der Waals surface area contributed by atoms with Gasteiger partial charge >= 0.3 is 0 Å². The van der Waals surface area contributed by atoms with Crippen molar-refractivity contribution >= 4 is 17.8 Å². The van der Waals surface area contributed by atoms with E-state index in [9.17, 15) is 0 Å². The Balaban J connectivity index is 1.68. The molecule has 0 radical (unpaired) electrons. The van der Waals surface area contributed by atoms with Gasteiger partial charge in [-0.1, -0.05) is 13.0 Å². The van der Waals surface area contributed by atoms with E-state index < -0.39 is 0 Å². The number of hydrogen-bond acceptors (Lipinski definition) is 4. The van der Waals surface area contributed by atoms with Gasteiger partial charge in [0.05, 0.1) is 5.69 Å². The third kappa shape index (κ3) is 3.13. The third-order valence-electron chi connectivity index (χ3n) is 4.18. The number of rotatable bonds is 5. The molecule has 0 aromatic carbocycles. The minimum atomic E-state index is 0.674. The highest BCUT2D eigenvalue weighted by molar-refractivity contribution is 5.67. The average Bonchev–Trinajstić information content (AvgIpc) is 3.26. The molecular formula is C20H20N6. The number of pyridine rings is 2. The van der Waals surface area contributed by atoms with Crippen LogP contribution in [-0.2, 0) is 6.54 Å². The SMILES string of the molecule is CCCn1cc(-c2cccnc2)nc1C=Cc1nc2c(C)cccn2n1. The van der Waals surface area contributed by atoms with Crippen molar-refractivity contribution in [2.75, 3.05) is 0 Å². The van der Waals surface area contributed by atoms with Crippen molar-refractivity contribution in [3.05, 3.63) is 66.3 Å². The molecule has 0 unspecified atom stereocenters. The molecule has 4 rings (SSSR count). The first-order chi connectivity index (χ1) is 12.7. The quantitative estimate of drug-likeness (QED) is 0.551. The first kappa shape index (κ1) is 16.2. The molecule has 4 aromatic heterocycles. The zero-order valence-electron chi connectivity index (χ0n) is 14.9. The molecule has 0 fully saturated rings. The predicted octanol–water partition coefficient (Wildman–Crippen LogP) is 3.88. The Kier molecular flexibility index (Phi) is 4.31. The molecule has 6 heteroatoms. The minimum Gasteiger partial charge on any atom is -0.331 e. The lowest BCUT2D eigenvalue weighted by atomic mass is 10.2. The van der Waals surface area contributed by atoms with Crippen molar-refractivity contribution in [2.45, 2.75) is 26.8 Å². The van der Waals surface area contributed by atoms with Crippen LogP contribution in [0.1, 0.15) is 30.6 Å². The largest absolute Gasteiger partial charge is 0.331 e. The first-order valence-corrected chi connectivity index (χ1v) is 8.72. The maximum atomic E-state index is 4.76. The van der Waals surface area contributed by atoms with Gasteiger partial charge in [0, 0.05) is 36.9 Å². The molecule has 0 atom stereocenters. The van der Waals surface area contributed by atoms with Gasteiger partial charge in [-0.2, -0.15) is 0 Å². The summed E-state index contributed by atoms with van der Waals surface area (Å²) >= 11 is 0. The summed E-state index contributed by atoms with van der Waals surface area (Å²) in [5.74, 6) is 1.56. The maximum Gasteiger partial charge on any atom is 0.175 e. The van der Waals surface area contributed by atoms with E-state index in [-0.39, 0.29) is 0 Å². The standard InChI is InChI=1S/C20H20N6/c1-3-11-25-14-17(16-7-4-10-21-13-16)22-19(25)9-8-18-23-20-15(2)6-5-12-26(20)24-18/h4-10,12-14H,3,11H2,1-2H3. The number of imidazole rings is 1. The lowest BCUT2D eigenvalue weighted by Gasteiger charge is -2.00. The molecule has 0 spiro atoms. The normalized spacial score (nSPS) is 11.6. The van der Waals surface area contributed by atoms with Crippen LogP contribution in [0.3, 0.4) is 0 Å². The van der Waals surface area contributed by atoms with Crippen molar-refractivity contribution in [2.24, 2.45) is 0 Å². The van der Waals surface area contributed by atoms with Crippen LogP contribution in [0.25, 0.3) is 29.1 Å². The predicted molar refractivity (Wildman–Crippen MR) is 102 cm³/mol. The Morgan fingerprint density at radius 1 is 1.12 bits per heavy atom.